The molecular weight excluding hydrogens is 234 g/mol. The number of rotatable bonds is 6. The van der Waals surface area contributed by atoms with E-state index in [2.05, 4.69) is 26.8 Å². The maximum atomic E-state index is 5.72. The Bertz CT molecular complexity index is 380. The lowest BCUT2D eigenvalue weighted by molar-refractivity contribution is 0.684. The van der Waals surface area contributed by atoms with Crippen LogP contribution in [0.25, 0.3) is 0 Å². The first-order chi connectivity index (χ1) is 8.24. The number of nitrogens with two attached hydrogens (primary N) is 1. The number of hydrogen-bond donors (Lipinski definition) is 1. The van der Waals surface area contributed by atoms with Crippen LogP contribution in [0, 0.1) is 0 Å². The average molecular weight is 253 g/mol. The third kappa shape index (κ3) is 3.21. The quantitative estimate of drug-likeness (QED) is 0.781. The molecule has 1 aromatic heterocycles. The average Bonchev–Trinajstić information content (AvgIpc) is 3.13. The molecule has 2 rings (SSSR count). The molecular formula is C11H19N5S. The topological polar surface area (TPSA) is 67.9 Å². The van der Waals surface area contributed by atoms with Crippen molar-refractivity contribution in [3.05, 3.63) is 0 Å². The van der Waals surface area contributed by atoms with Crippen LogP contribution in [0.15, 0.2) is 5.16 Å². The Balaban J connectivity index is 2.18. The predicted molar refractivity (Wildman–Crippen MR) is 71.3 cm³/mol. The second-order valence-electron chi connectivity index (χ2n) is 4.26. The molecule has 1 fully saturated rings. The number of thioether (sulfide) groups is 1. The second kappa shape index (κ2) is 5.53. The second-order valence-corrected chi connectivity index (χ2v) is 5.03. The molecule has 1 saturated carbocycles. The molecule has 5 nitrogen and oxygen atoms in total. The highest BCUT2D eigenvalue weighted by Crippen LogP contribution is 2.30. The lowest BCUT2D eigenvalue weighted by Crippen LogP contribution is -2.29. The van der Waals surface area contributed by atoms with E-state index in [0.29, 0.717) is 17.1 Å². The van der Waals surface area contributed by atoms with Crippen LogP contribution in [-0.2, 0) is 0 Å². The lowest BCUT2D eigenvalue weighted by atomic mass is 10.3. The summed E-state index contributed by atoms with van der Waals surface area (Å²) < 4.78 is 0. The molecule has 0 spiro atoms. The van der Waals surface area contributed by atoms with E-state index in [4.69, 9.17) is 5.73 Å². The highest BCUT2D eigenvalue weighted by Gasteiger charge is 2.30. The lowest BCUT2D eigenvalue weighted by Gasteiger charge is -2.22. The minimum Gasteiger partial charge on any atom is -0.368 e. The van der Waals surface area contributed by atoms with Gasteiger partial charge < -0.3 is 10.6 Å². The van der Waals surface area contributed by atoms with Crippen molar-refractivity contribution in [2.75, 3.05) is 23.4 Å². The number of nitrogens with zero attached hydrogens (tertiary/aromatic N) is 4. The molecule has 0 unspecified atom stereocenters. The fraction of sp³-hybridized carbons (Fsp3) is 0.727. The molecule has 0 radical (unpaired) electrons. The van der Waals surface area contributed by atoms with Crippen LogP contribution in [0.2, 0.25) is 0 Å². The van der Waals surface area contributed by atoms with Crippen molar-refractivity contribution in [2.24, 2.45) is 0 Å². The van der Waals surface area contributed by atoms with Crippen molar-refractivity contribution >= 4 is 23.7 Å². The standard InChI is InChI=1S/C11H19N5S/c1-3-4-7-16(8-5-6-8)10-13-9(12)14-11(15-10)17-2/h8H,3-7H2,1-2H3,(H2,12,13,14,15). The molecule has 6 heteroatoms. The number of anilines is 2. The molecule has 1 aliphatic carbocycles. The van der Waals surface area contributed by atoms with Crippen LogP contribution in [-0.4, -0.2) is 33.8 Å². The van der Waals surface area contributed by atoms with Gasteiger partial charge in [0, 0.05) is 12.6 Å². The maximum absolute atomic E-state index is 5.72. The predicted octanol–water partition coefficient (Wildman–Crippen LogP) is 1.94. The molecule has 1 aromatic rings. The van der Waals surface area contributed by atoms with Gasteiger partial charge in [-0.05, 0) is 25.5 Å². The van der Waals surface area contributed by atoms with Crippen LogP contribution in [0.5, 0.6) is 0 Å². The molecule has 0 aliphatic heterocycles. The SMILES string of the molecule is CCCCN(c1nc(N)nc(SC)n1)C1CC1. The summed E-state index contributed by atoms with van der Waals surface area (Å²) in [7, 11) is 0. The third-order valence-corrected chi connectivity index (χ3v) is 3.35. The van der Waals surface area contributed by atoms with E-state index in [-0.39, 0.29) is 0 Å². The van der Waals surface area contributed by atoms with Crippen LogP contribution in [0.1, 0.15) is 32.6 Å². The summed E-state index contributed by atoms with van der Waals surface area (Å²) in [5.74, 6) is 1.07. The van der Waals surface area contributed by atoms with Crippen molar-refractivity contribution in [2.45, 2.75) is 43.8 Å². The largest absolute Gasteiger partial charge is 0.368 e. The zero-order valence-corrected chi connectivity index (χ0v) is 11.2. The fourth-order valence-corrected chi connectivity index (χ4v) is 2.10. The van der Waals surface area contributed by atoms with Crippen molar-refractivity contribution in [3.8, 4) is 0 Å². The Morgan fingerprint density at radius 3 is 2.71 bits per heavy atom. The molecule has 0 aromatic carbocycles. The molecule has 2 N–H and O–H groups in total. The smallest absolute Gasteiger partial charge is 0.231 e. The zero-order chi connectivity index (χ0) is 12.3. The van der Waals surface area contributed by atoms with E-state index in [1.165, 1.54) is 31.0 Å². The van der Waals surface area contributed by atoms with Crippen molar-refractivity contribution < 1.29 is 0 Å². The van der Waals surface area contributed by atoms with Gasteiger partial charge in [0.05, 0.1) is 0 Å². The summed E-state index contributed by atoms with van der Waals surface area (Å²) in [5, 5.41) is 0.703. The van der Waals surface area contributed by atoms with Gasteiger partial charge >= 0.3 is 0 Å². The van der Waals surface area contributed by atoms with Gasteiger partial charge in [-0.15, -0.1) is 0 Å². The number of hydrogen-bond acceptors (Lipinski definition) is 6. The third-order valence-electron chi connectivity index (χ3n) is 2.80. The van der Waals surface area contributed by atoms with Gasteiger partial charge in [0.2, 0.25) is 11.9 Å². The summed E-state index contributed by atoms with van der Waals surface area (Å²) in [6, 6.07) is 0.609. The Morgan fingerprint density at radius 1 is 1.35 bits per heavy atom. The molecule has 0 amide bonds. The van der Waals surface area contributed by atoms with Crippen molar-refractivity contribution in [1.82, 2.24) is 15.0 Å². The first-order valence-corrected chi connectivity index (χ1v) is 7.29. The van der Waals surface area contributed by atoms with Gasteiger partial charge in [0.1, 0.15) is 0 Å². The molecule has 17 heavy (non-hydrogen) atoms. The number of aromatic nitrogens is 3. The van der Waals surface area contributed by atoms with E-state index in [9.17, 15) is 0 Å². The summed E-state index contributed by atoms with van der Waals surface area (Å²) in [4.78, 5) is 15.1. The molecule has 1 aliphatic rings. The highest BCUT2D eigenvalue weighted by atomic mass is 32.2. The monoisotopic (exact) mass is 253 g/mol. The summed E-state index contributed by atoms with van der Waals surface area (Å²) in [6.45, 7) is 3.21. The zero-order valence-electron chi connectivity index (χ0n) is 10.4. The van der Waals surface area contributed by atoms with Gasteiger partial charge in [-0.2, -0.15) is 15.0 Å². The summed E-state index contributed by atoms with van der Waals surface area (Å²) in [5.41, 5.74) is 5.72. The van der Waals surface area contributed by atoms with E-state index in [1.807, 2.05) is 6.26 Å². The van der Waals surface area contributed by atoms with E-state index < -0.39 is 0 Å². The number of nitrogen functional groups attached to an aromatic ring is 1. The molecule has 0 bridgehead atoms. The molecule has 1 heterocycles. The van der Waals surface area contributed by atoms with Gasteiger partial charge in [0.15, 0.2) is 5.16 Å². The van der Waals surface area contributed by atoms with Crippen molar-refractivity contribution in [3.63, 3.8) is 0 Å². The minimum absolute atomic E-state index is 0.321. The van der Waals surface area contributed by atoms with Crippen LogP contribution in [0.3, 0.4) is 0 Å². The molecule has 0 atom stereocenters. The first kappa shape index (κ1) is 12.4. The van der Waals surface area contributed by atoms with Crippen LogP contribution in [0.4, 0.5) is 11.9 Å². The molecule has 94 valence electrons. The van der Waals surface area contributed by atoms with Gasteiger partial charge in [-0.1, -0.05) is 25.1 Å². The van der Waals surface area contributed by atoms with E-state index >= 15 is 0 Å². The van der Waals surface area contributed by atoms with Gasteiger partial charge in [0.25, 0.3) is 0 Å². The van der Waals surface area contributed by atoms with Crippen molar-refractivity contribution in [1.29, 1.82) is 0 Å². The highest BCUT2D eigenvalue weighted by molar-refractivity contribution is 7.98. The minimum atomic E-state index is 0.321. The first-order valence-electron chi connectivity index (χ1n) is 6.06. The fourth-order valence-electron chi connectivity index (χ4n) is 1.74. The Kier molecular flexibility index (Phi) is 4.04. The normalized spacial score (nSPS) is 14.9. The Labute approximate surface area is 106 Å². The summed E-state index contributed by atoms with van der Waals surface area (Å²) in [6.07, 6.45) is 6.77. The van der Waals surface area contributed by atoms with Gasteiger partial charge in [-0.25, -0.2) is 0 Å². The van der Waals surface area contributed by atoms with Crippen LogP contribution < -0.4 is 10.6 Å². The van der Waals surface area contributed by atoms with E-state index in [0.717, 1.165) is 18.9 Å². The Morgan fingerprint density at radius 2 is 2.12 bits per heavy atom. The Hall–Kier alpha value is -1.04. The summed E-state index contributed by atoms with van der Waals surface area (Å²) >= 11 is 1.50. The van der Waals surface area contributed by atoms with Gasteiger partial charge in [-0.3, -0.25) is 0 Å². The maximum Gasteiger partial charge on any atom is 0.231 e. The molecule has 0 saturated heterocycles. The van der Waals surface area contributed by atoms with Crippen LogP contribution >= 0.6 is 11.8 Å². The van der Waals surface area contributed by atoms with E-state index in [1.54, 1.807) is 0 Å². The number of unbranched alkanes of at least 4 members (excludes halogenated alkanes) is 1.